The molecule has 0 spiro atoms. The number of nitrogens with zero attached hydrogens (tertiary/aromatic N) is 1. The summed E-state index contributed by atoms with van der Waals surface area (Å²) in [5.74, 6) is 0.889. The van der Waals surface area contributed by atoms with Crippen molar-refractivity contribution < 1.29 is 0 Å². The fraction of sp³-hybridized carbons (Fsp3) is 0.647. The Morgan fingerprint density at radius 3 is 2.70 bits per heavy atom. The molecular formula is C17H25BrN2. The summed E-state index contributed by atoms with van der Waals surface area (Å²) in [5.41, 5.74) is 2.71. The van der Waals surface area contributed by atoms with Gasteiger partial charge in [-0.25, -0.2) is 0 Å². The quantitative estimate of drug-likeness (QED) is 0.873. The molecule has 3 rings (SSSR count). The predicted octanol–water partition coefficient (Wildman–Crippen LogP) is 4.12. The summed E-state index contributed by atoms with van der Waals surface area (Å²) in [6, 6.07) is 7.44. The van der Waals surface area contributed by atoms with E-state index in [4.69, 9.17) is 0 Å². The van der Waals surface area contributed by atoms with E-state index in [9.17, 15) is 0 Å². The third kappa shape index (κ3) is 3.37. The summed E-state index contributed by atoms with van der Waals surface area (Å²) in [4.78, 5) is 2.56. The van der Waals surface area contributed by atoms with Crippen molar-refractivity contribution in [2.45, 2.75) is 45.1 Å². The van der Waals surface area contributed by atoms with Gasteiger partial charge in [0.25, 0.3) is 0 Å². The molecule has 1 saturated heterocycles. The Morgan fingerprint density at radius 2 is 1.95 bits per heavy atom. The van der Waals surface area contributed by atoms with Crippen molar-refractivity contribution in [3.05, 3.63) is 28.2 Å². The van der Waals surface area contributed by atoms with Crippen LogP contribution in [-0.4, -0.2) is 25.7 Å². The Kier molecular flexibility index (Phi) is 4.67. The molecule has 1 aliphatic carbocycles. The maximum absolute atomic E-state index is 3.76. The number of aryl methyl sites for hydroxylation is 1. The average Bonchev–Trinajstić information content (AvgIpc) is 2.47. The first-order valence-corrected chi connectivity index (χ1v) is 8.77. The van der Waals surface area contributed by atoms with Crippen molar-refractivity contribution in [1.82, 2.24) is 5.32 Å². The second-order valence-corrected chi connectivity index (χ2v) is 7.31. The first-order valence-electron chi connectivity index (χ1n) is 7.98. The van der Waals surface area contributed by atoms with Crippen LogP contribution in [0.1, 0.15) is 37.7 Å². The van der Waals surface area contributed by atoms with E-state index in [1.165, 1.54) is 54.4 Å². The molecule has 1 atom stereocenters. The third-order valence-electron chi connectivity index (χ3n) is 4.82. The normalized spacial score (nSPS) is 24.9. The monoisotopic (exact) mass is 336 g/mol. The molecule has 1 saturated carbocycles. The number of hydrogen-bond donors (Lipinski definition) is 1. The largest absolute Gasteiger partial charge is 0.369 e. The van der Waals surface area contributed by atoms with Gasteiger partial charge in [-0.1, -0.05) is 35.2 Å². The van der Waals surface area contributed by atoms with Gasteiger partial charge in [0.2, 0.25) is 0 Å². The highest BCUT2D eigenvalue weighted by atomic mass is 79.9. The molecule has 2 fully saturated rings. The van der Waals surface area contributed by atoms with Crippen LogP contribution in [0.25, 0.3) is 0 Å². The van der Waals surface area contributed by atoms with Gasteiger partial charge >= 0.3 is 0 Å². The molecule has 2 aliphatic rings. The summed E-state index contributed by atoms with van der Waals surface area (Å²) in [7, 11) is 0. The van der Waals surface area contributed by atoms with Crippen LogP contribution in [-0.2, 0) is 0 Å². The summed E-state index contributed by atoms with van der Waals surface area (Å²) in [6.45, 7) is 5.58. The Bertz CT molecular complexity index is 434. The van der Waals surface area contributed by atoms with Crippen LogP contribution in [0.2, 0.25) is 0 Å². The zero-order valence-electron chi connectivity index (χ0n) is 12.4. The zero-order valence-corrected chi connectivity index (χ0v) is 14.0. The van der Waals surface area contributed by atoms with E-state index in [0.717, 1.165) is 19.0 Å². The van der Waals surface area contributed by atoms with Crippen LogP contribution in [0.4, 0.5) is 5.69 Å². The van der Waals surface area contributed by atoms with Gasteiger partial charge in [0.15, 0.2) is 0 Å². The fourth-order valence-corrected chi connectivity index (χ4v) is 4.36. The maximum Gasteiger partial charge on any atom is 0.0381 e. The lowest BCUT2D eigenvalue weighted by Crippen LogP contribution is -2.54. The molecule has 1 aromatic rings. The molecule has 3 heteroatoms. The standard InChI is InChI=1S/C17H25BrN2/c1-13-9-15(18)11-16(10-13)20-8-7-19-17(12-20)14-5-3-2-4-6-14/h9-11,14,17,19H,2-8,12H2,1H3. The molecule has 1 aromatic carbocycles. The van der Waals surface area contributed by atoms with Gasteiger partial charge in [-0.15, -0.1) is 0 Å². The summed E-state index contributed by atoms with van der Waals surface area (Å²) in [6.07, 6.45) is 7.14. The molecule has 1 aliphatic heterocycles. The first kappa shape index (κ1) is 14.4. The van der Waals surface area contributed by atoms with Crippen LogP contribution in [0.15, 0.2) is 22.7 Å². The molecular weight excluding hydrogens is 312 g/mol. The van der Waals surface area contributed by atoms with Crippen molar-refractivity contribution in [2.75, 3.05) is 24.5 Å². The molecule has 0 amide bonds. The maximum atomic E-state index is 3.76. The second-order valence-electron chi connectivity index (χ2n) is 6.39. The van der Waals surface area contributed by atoms with Crippen LogP contribution >= 0.6 is 15.9 Å². The minimum Gasteiger partial charge on any atom is -0.369 e. The lowest BCUT2D eigenvalue weighted by atomic mass is 9.83. The predicted molar refractivity (Wildman–Crippen MR) is 89.5 cm³/mol. The Balaban J connectivity index is 1.70. The van der Waals surface area contributed by atoms with Crippen LogP contribution < -0.4 is 10.2 Å². The van der Waals surface area contributed by atoms with Crippen molar-refractivity contribution >= 4 is 21.6 Å². The zero-order chi connectivity index (χ0) is 13.9. The van der Waals surface area contributed by atoms with Gasteiger partial charge in [-0.2, -0.15) is 0 Å². The van der Waals surface area contributed by atoms with E-state index < -0.39 is 0 Å². The highest BCUT2D eigenvalue weighted by Gasteiger charge is 2.28. The molecule has 1 unspecified atom stereocenters. The molecule has 2 nitrogen and oxygen atoms in total. The number of nitrogens with one attached hydrogen (secondary N) is 1. The Hall–Kier alpha value is -0.540. The first-order chi connectivity index (χ1) is 9.72. The van der Waals surface area contributed by atoms with Gasteiger partial charge in [0.05, 0.1) is 0 Å². The summed E-state index contributed by atoms with van der Waals surface area (Å²) in [5, 5.41) is 3.76. The van der Waals surface area contributed by atoms with Crippen LogP contribution in [0.3, 0.4) is 0 Å². The fourth-order valence-electron chi connectivity index (χ4n) is 3.76. The minimum absolute atomic E-state index is 0.684. The summed E-state index contributed by atoms with van der Waals surface area (Å²) < 4.78 is 1.19. The lowest BCUT2D eigenvalue weighted by molar-refractivity contribution is 0.257. The van der Waals surface area contributed by atoms with Gasteiger partial charge in [0.1, 0.15) is 0 Å². The lowest BCUT2D eigenvalue weighted by Gasteiger charge is -2.40. The van der Waals surface area contributed by atoms with Crippen molar-refractivity contribution in [2.24, 2.45) is 5.92 Å². The molecule has 0 aromatic heterocycles. The topological polar surface area (TPSA) is 15.3 Å². The highest BCUT2D eigenvalue weighted by molar-refractivity contribution is 9.10. The molecule has 0 bridgehead atoms. The molecule has 110 valence electrons. The number of piperazine rings is 1. The van der Waals surface area contributed by atoms with Gasteiger partial charge < -0.3 is 10.2 Å². The molecule has 1 heterocycles. The van der Waals surface area contributed by atoms with E-state index in [-0.39, 0.29) is 0 Å². The number of anilines is 1. The minimum atomic E-state index is 0.684. The van der Waals surface area contributed by atoms with Crippen molar-refractivity contribution in [3.63, 3.8) is 0 Å². The Morgan fingerprint density at radius 1 is 1.15 bits per heavy atom. The number of benzene rings is 1. The van der Waals surface area contributed by atoms with Crippen LogP contribution in [0.5, 0.6) is 0 Å². The average molecular weight is 337 g/mol. The van der Waals surface area contributed by atoms with E-state index in [2.05, 4.69) is 51.3 Å². The van der Waals surface area contributed by atoms with Crippen LogP contribution in [0, 0.1) is 12.8 Å². The molecule has 0 radical (unpaired) electrons. The number of hydrogen-bond acceptors (Lipinski definition) is 2. The van der Waals surface area contributed by atoms with E-state index in [0.29, 0.717) is 6.04 Å². The van der Waals surface area contributed by atoms with Crippen molar-refractivity contribution in [1.29, 1.82) is 0 Å². The second kappa shape index (κ2) is 6.48. The van der Waals surface area contributed by atoms with E-state index in [1.807, 2.05) is 0 Å². The van der Waals surface area contributed by atoms with Gasteiger partial charge in [-0.05, 0) is 49.4 Å². The smallest absolute Gasteiger partial charge is 0.0381 e. The van der Waals surface area contributed by atoms with E-state index >= 15 is 0 Å². The van der Waals surface area contributed by atoms with Crippen molar-refractivity contribution in [3.8, 4) is 0 Å². The van der Waals surface area contributed by atoms with Gasteiger partial charge in [0, 0.05) is 35.8 Å². The third-order valence-corrected chi connectivity index (χ3v) is 5.27. The SMILES string of the molecule is Cc1cc(Br)cc(N2CCNC(C3CCCCC3)C2)c1. The van der Waals surface area contributed by atoms with E-state index in [1.54, 1.807) is 0 Å². The molecule has 1 N–H and O–H groups in total. The molecule has 20 heavy (non-hydrogen) atoms. The number of rotatable bonds is 2. The highest BCUT2D eigenvalue weighted by Crippen LogP contribution is 2.30. The number of halogens is 1. The Labute approximate surface area is 131 Å². The van der Waals surface area contributed by atoms with Gasteiger partial charge in [-0.3, -0.25) is 0 Å². The summed E-state index contributed by atoms with van der Waals surface area (Å²) >= 11 is 3.63.